The van der Waals surface area contributed by atoms with Gasteiger partial charge in [0.25, 0.3) is 0 Å². The van der Waals surface area contributed by atoms with Gasteiger partial charge in [0, 0.05) is 12.0 Å². The van der Waals surface area contributed by atoms with Crippen molar-refractivity contribution >= 4 is 18.2 Å². The molecule has 0 spiro atoms. The predicted molar refractivity (Wildman–Crippen MR) is 121 cm³/mol. The monoisotopic (exact) mass is 447 g/mol. The van der Waals surface area contributed by atoms with Crippen LogP contribution < -0.4 is 4.90 Å². The van der Waals surface area contributed by atoms with Crippen LogP contribution >= 0.6 is 12.2 Å². The Kier molecular flexibility index (Phi) is 5.46. The number of fused-ring (bicyclic) bond motifs is 1. The third-order valence-corrected chi connectivity index (χ3v) is 6.28. The van der Waals surface area contributed by atoms with Gasteiger partial charge in [-0.2, -0.15) is 4.68 Å². The topological polar surface area (TPSA) is 66.6 Å². The van der Waals surface area contributed by atoms with Gasteiger partial charge in [0.05, 0.1) is 19.1 Å². The Balaban J connectivity index is 1.56. The first-order valence-corrected chi connectivity index (χ1v) is 10.8. The van der Waals surface area contributed by atoms with Crippen molar-refractivity contribution in [3.05, 3.63) is 88.9 Å². The molecule has 0 saturated heterocycles. The van der Waals surface area contributed by atoms with E-state index in [-0.39, 0.29) is 12.0 Å². The maximum atomic E-state index is 12.6. The fraction of sp³-hybridized carbons (Fsp3) is 0.208. The summed E-state index contributed by atoms with van der Waals surface area (Å²) < 4.78 is 15.0. The van der Waals surface area contributed by atoms with Gasteiger partial charge in [0.1, 0.15) is 6.54 Å². The van der Waals surface area contributed by atoms with Crippen LogP contribution in [0.15, 0.2) is 77.4 Å². The van der Waals surface area contributed by atoms with E-state index in [1.807, 2.05) is 59.2 Å². The summed E-state index contributed by atoms with van der Waals surface area (Å²) in [5.41, 5.74) is 3.31. The number of methoxy groups -OCH3 is 1. The van der Waals surface area contributed by atoms with Gasteiger partial charge in [-0.05, 0) is 42.0 Å². The zero-order chi connectivity index (χ0) is 22.1. The molecule has 5 rings (SSSR count). The van der Waals surface area contributed by atoms with Gasteiger partial charge in [-0.15, -0.1) is 5.10 Å². The maximum Gasteiger partial charge on any atom is 0.365 e. The Bertz CT molecular complexity index is 1290. The second-order valence-electron chi connectivity index (χ2n) is 7.80. The average molecular weight is 448 g/mol. The van der Waals surface area contributed by atoms with Crippen molar-refractivity contribution in [3.8, 4) is 17.3 Å². The molecule has 1 aliphatic rings. The molecule has 7 nitrogen and oxygen atoms in total. The van der Waals surface area contributed by atoms with Crippen LogP contribution in [0.1, 0.15) is 11.1 Å². The molecule has 1 unspecified atom stereocenters. The van der Waals surface area contributed by atoms with Crippen LogP contribution in [0.25, 0.3) is 17.3 Å². The second-order valence-corrected chi connectivity index (χ2v) is 8.16. The van der Waals surface area contributed by atoms with E-state index in [4.69, 9.17) is 26.5 Å². The molecule has 2 atom stereocenters. The predicted octanol–water partition coefficient (Wildman–Crippen LogP) is 2.80. The zero-order valence-corrected chi connectivity index (χ0v) is 18.4. The molecular weight excluding hydrogens is 424 g/mol. The number of carbonyl (C=O) groups is 1. The van der Waals surface area contributed by atoms with Gasteiger partial charge < -0.3 is 14.1 Å². The Morgan fingerprint density at radius 2 is 1.88 bits per heavy atom. The molecular formula is C24H23N4O3S+. The maximum absolute atomic E-state index is 12.6. The number of aromatic nitrogens is 3. The van der Waals surface area contributed by atoms with E-state index in [1.165, 1.54) is 18.2 Å². The highest BCUT2D eigenvalue weighted by molar-refractivity contribution is 7.71. The van der Waals surface area contributed by atoms with E-state index in [0.717, 1.165) is 10.6 Å². The number of nitrogens with zero attached hydrogens (tertiary/aromatic N) is 3. The van der Waals surface area contributed by atoms with Crippen molar-refractivity contribution in [3.63, 3.8) is 0 Å². The average Bonchev–Trinajstić information content (AvgIpc) is 3.47. The summed E-state index contributed by atoms with van der Waals surface area (Å²) >= 11 is 5.84. The summed E-state index contributed by atoms with van der Waals surface area (Å²) in [6.07, 6.45) is 2.24. The minimum absolute atomic E-state index is 0.227. The molecule has 0 aliphatic carbocycles. The molecule has 0 fully saturated rings. The lowest BCUT2D eigenvalue weighted by Crippen LogP contribution is -3.16. The van der Waals surface area contributed by atoms with Crippen LogP contribution in [0.5, 0.6) is 0 Å². The summed E-state index contributed by atoms with van der Waals surface area (Å²) in [6.45, 7) is 1.12. The SMILES string of the molecule is COC(=O)[C@H]1Cc2ccccc2C[NH+]1Cn1nc(-c2ccco2)n(-c2ccccc2)c1=S. The molecule has 1 aliphatic heterocycles. The smallest absolute Gasteiger partial charge is 0.365 e. The van der Waals surface area contributed by atoms with Crippen LogP contribution in [-0.4, -0.2) is 33.5 Å². The Hall–Kier alpha value is -3.49. The summed E-state index contributed by atoms with van der Waals surface area (Å²) in [5.74, 6) is 1.02. The highest BCUT2D eigenvalue weighted by atomic mass is 32.1. The third kappa shape index (κ3) is 3.68. The molecule has 162 valence electrons. The minimum atomic E-state index is -0.328. The van der Waals surface area contributed by atoms with E-state index in [1.54, 1.807) is 10.9 Å². The highest BCUT2D eigenvalue weighted by Crippen LogP contribution is 2.23. The highest BCUT2D eigenvalue weighted by Gasteiger charge is 2.36. The molecule has 0 amide bonds. The summed E-state index contributed by atoms with van der Waals surface area (Å²) in [6, 6.07) is 21.4. The van der Waals surface area contributed by atoms with Gasteiger partial charge in [0.2, 0.25) is 10.6 Å². The van der Waals surface area contributed by atoms with Crippen molar-refractivity contribution in [2.24, 2.45) is 0 Å². The zero-order valence-electron chi connectivity index (χ0n) is 17.6. The number of ether oxygens (including phenoxy) is 1. The van der Waals surface area contributed by atoms with Crippen LogP contribution in [0, 0.1) is 4.77 Å². The quantitative estimate of drug-likeness (QED) is 0.377. The molecule has 0 radical (unpaired) electrons. The number of benzene rings is 2. The molecule has 0 saturated carbocycles. The van der Waals surface area contributed by atoms with Crippen LogP contribution in [0.2, 0.25) is 0 Å². The summed E-state index contributed by atoms with van der Waals surface area (Å²) in [5, 5.41) is 4.81. The Labute approximate surface area is 190 Å². The molecule has 0 bridgehead atoms. The number of hydrogen-bond acceptors (Lipinski definition) is 5. The van der Waals surface area contributed by atoms with Gasteiger partial charge in [-0.3, -0.25) is 4.57 Å². The fourth-order valence-electron chi connectivity index (χ4n) is 4.30. The van der Waals surface area contributed by atoms with E-state index in [0.29, 0.717) is 36.0 Å². The van der Waals surface area contributed by atoms with Crippen molar-refractivity contribution in [1.82, 2.24) is 14.3 Å². The lowest BCUT2D eigenvalue weighted by molar-refractivity contribution is -0.955. The van der Waals surface area contributed by atoms with Crippen LogP contribution in [0.3, 0.4) is 0 Å². The van der Waals surface area contributed by atoms with Gasteiger partial charge in [-0.1, -0.05) is 42.5 Å². The lowest BCUT2D eigenvalue weighted by Gasteiger charge is -2.31. The largest absolute Gasteiger partial charge is 0.465 e. The molecule has 4 aromatic rings. The Morgan fingerprint density at radius 1 is 1.12 bits per heavy atom. The van der Waals surface area contributed by atoms with Crippen molar-refractivity contribution in [2.75, 3.05) is 7.11 Å². The number of furan rings is 1. The molecule has 2 aromatic heterocycles. The number of para-hydroxylation sites is 1. The second kappa shape index (κ2) is 8.57. The molecule has 8 heteroatoms. The Morgan fingerprint density at radius 3 is 2.59 bits per heavy atom. The van der Waals surface area contributed by atoms with E-state index in [9.17, 15) is 4.79 Å². The van der Waals surface area contributed by atoms with Crippen molar-refractivity contribution in [2.45, 2.75) is 25.7 Å². The first-order valence-electron chi connectivity index (χ1n) is 10.4. The lowest BCUT2D eigenvalue weighted by atomic mass is 9.94. The molecule has 1 N–H and O–H groups in total. The molecule has 32 heavy (non-hydrogen) atoms. The van der Waals surface area contributed by atoms with E-state index in [2.05, 4.69) is 12.1 Å². The van der Waals surface area contributed by atoms with Crippen LogP contribution in [-0.2, 0) is 29.2 Å². The normalized spacial score (nSPS) is 17.7. The number of hydrogen-bond donors (Lipinski definition) is 1. The first kappa shape index (κ1) is 20.4. The van der Waals surface area contributed by atoms with E-state index >= 15 is 0 Å². The molecule has 2 aromatic carbocycles. The first-order chi connectivity index (χ1) is 15.7. The number of rotatable bonds is 5. The van der Waals surface area contributed by atoms with Gasteiger partial charge in [-0.25, -0.2) is 4.79 Å². The number of carbonyl (C=O) groups excluding carboxylic acids is 1. The van der Waals surface area contributed by atoms with Gasteiger partial charge in [0.15, 0.2) is 18.5 Å². The molecule has 3 heterocycles. The van der Waals surface area contributed by atoms with Crippen molar-refractivity contribution in [1.29, 1.82) is 0 Å². The summed E-state index contributed by atoms with van der Waals surface area (Å²) in [7, 11) is 1.44. The summed E-state index contributed by atoms with van der Waals surface area (Å²) in [4.78, 5) is 13.7. The van der Waals surface area contributed by atoms with E-state index < -0.39 is 0 Å². The number of quaternary nitrogens is 1. The standard InChI is InChI=1S/C24H22N4O3S/c1-30-23(29)20-14-17-8-5-6-9-18(17)15-26(20)16-27-24(32)28(19-10-3-2-4-11-19)22(25-27)21-12-7-13-31-21/h2-13,20H,14-16H2,1H3/p+1/t20-/m1/s1. The van der Waals surface area contributed by atoms with Gasteiger partial charge >= 0.3 is 5.97 Å². The minimum Gasteiger partial charge on any atom is -0.465 e. The van der Waals surface area contributed by atoms with Crippen LogP contribution in [0.4, 0.5) is 0 Å². The van der Waals surface area contributed by atoms with Crippen molar-refractivity contribution < 1.29 is 18.8 Å². The fourth-order valence-corrected chi connectivity index (χ4v) is 4.60. The number of nitrogens with one attached hydrogen (secondary N) is 1. The number of esters is 1. The third-order valence-electron chi connectivity index (χ3n) is 5.89.